The molecule has 0 bridgehead atoms. The van der Waals surface area contributed by atoms with E-state index in [9.17, 15) is 0 Å². The second-order valence-corrected chi connectivity index (χ2v) is 5.52. The maximum Gasteiger partial charge on any atom is 0.0762 e. The number of ether oxygens (including phenoxy) is 1. The molecule has 2 aliphatic heterocycles. The number of anilines is 2. The highest BCUT2D eigenvalue weighted by Crippen LogP contribution is 2.30. The van der Waals surface area contributed by atoms with Gasteiger partial charge in [0.05, 0.1) is 6.10 Å². The fourth-order valence-electron chi connectivity index (χ4n) is 2.99. The van der Waals surface area contributed by atoms with Crippen LogP contribution in [0.25, 0.3) is 0 Å². The zero-order valence-electron chi connectivity index (χ0n) is 11.3. The van der Waals surface area contributed by atoms with Crippen LogP contribution in [0.4, 0.5) is 11.4 Å². The summed E-state index contributed by atoms with van der Waals surface area (Å²) in [5.74, 6) is 0. The van der Waals surface area contributed by atoms with Crippen LogP contribution < -0.4 is 10.2 Å². The molecule has 3 heteroatoms. The van der Waals surface area contributed by atoms with Gasteiger partial charge in [0.15, 0.2) is 0 Å². The minimum Gasteiger partial charge on any atom is -0.382 e. The van der Waals surface area contributed by atoms with Crippen molar-refractivity contribution in [2.75, 3.05) is 30.4 Å². The molecule has 1 aromatic carbocycles. The molecular weight excluding hydrogens is 224 g/mol. The van der Waals surface area contributed by atoms with Crippen molar-refractivity contribution in [3.05, 3.63) is 23.8 Å². The summed E-state index contributed by atoms with van der Waals surface area (Å²) in [6.45, 7) is 4.39. The summed E-state index contributed by atoms with van der Waals surface area (Å²) in [6, 6.07) is 7.43. The quantitative estimate of drug-likeness (QED) is 0.868. The Kier molecular flexibility index (Phi) is 3.16. The van der Waals surface area contributed by atoms with Crippen molar-refractivity contribution in [2.24, 2.45) is 0 Å². The monoisotopic (exact) mass is 246 g/mol. The lowest BCUT2D eigenvalue weighted by molar-refractivity contribution is 0.121. The van der Waals surface area contributed by atoms with Gasteiger partial charge in [-0.3, -0.25) is 0 Å². The van der Waals surface area contributed by atoms with Crippen LogP contribution in [0.15, 0.2) is 18.2 Å². The normalized spacial score (nSPS) is 26.9. The average molecular weight is 246 g/mol. The second kappa shape index (κ2) is 4.81. The summed E-state index contributed by atoms with van der Waals surface area (Å²) >= 11 is 0. The van der Waals surface area contributed by atoms with Gasteiger partial charge in [-0.1, -0.05) is 0 Å². The van der Waals surface area contributed by atoms with Crippen molar-refractivity contribution < 1.29 is 4.74 Å². The Morgan fingerprint density at radius 3 is 3.00 bits per heavy atom. The number of hydrogen-bond acceptors (Lipinski definition) is 3. The molecule has 0 aromatic heterocycles. The Bertz CT molecular complexity index is 433. The number of nitrogens with one attached hydrogen (secondary N) is 1. The molecule has 0 aliphatic carbocycles. The fourth-order valence-corrected chi connectivity index (χ4v) is 2.99. The predicted octanol–water partition coefficient (Wildman–Crippen LogP) is 2.66. The first kappa shape index (κ1) is 11.8. The lowest BCUT2D eigenvalue weighted by Crippen LogP contribution is -2.24. The zero-order chi connectivity index (χ0) is 12.5. The van der Waals surface area contributed by atoms with Gasteiger partial charge in [-0.25, -0.2) is 0 Å². The SMILES string of the molecule is COC1CCN(c2ccc3c(c2)CCC(C)N3)C1. The van der Waals surface area contributed by atoms with E-state index in [2.05, 4.69) is 35.3 Å². The summed E-state index contributed by atoms with van der Waals surface area (Å²) in [5, 5.41) is 3.55. The van der Waals surface area contributed by atoms with Crippen molar-refractivity contribution in [3.63, 3.8) is 0 Å². The van der Waals surface area contributed by atoms with Crippen LogP contribution in [-0.4, -0.2) is 32.3 Å². The Balaban J connectivity index is 1.78. The van der Waals surface area contributed by atoms with Crippen molar-refractivity contribution in [1.29, 1.82) is 0 Å². The van der Waals surface area contributed by atoms with Gasteiger partial charge < -0.3 is 15.0 Å². The van der Waals surface area contributed by atoms with E-state index in [1.165, 1.54) is 29.8 Å². The van der Waals surface area contributed by atoms with E-state index in [-0.39, 0.29) is 0 Å². The number of benzene rings is 1. The molecule has 1 aromatic rings. The molecule has 0 amide bonds. The van der Waals surface area contributed by atoms with Crippen LogP contribution in [0.5, 0.6) is 0 Å². The standard InChI is InChI=1S/C15H22N2O/c1-11-3-4-12-9-13(5-6-15(12)16-11)17-8-7-14(10-17)18-2/h5-6,9,11,14,16H,3-4,7-8,10H2,1-2H3. The third-order valence-electron chi connectivity index (χ3n) is 4.18. The highest BCUT2D eigenvalue weighted by Gasteiger charge is 2.23. The predicted molar refractivity (Wildman–Crippen MR) is 75.5 cm³/mol. The summed E-state index contributed by atoms with van der Waals surface area (Å²) < 4.78 is 5.44. The van der Waals surface area contributed by atoms with E-state index < -0.39 is 0 Å². The number of hydrogen-bond donors (Lipinski definition) is 1. The molecule has 1 fully saturated rings. The van der Waals surface area contributed by atoms with Gasteiger partial charge in [0.25, 0.3) is 0 Å². The van der Waals surface area contributed by atoms with Gasteiger partial charge in [-0.15, -0.1) is 0 Å². The van der Waals surface area contributed by atoms with E-state index in [4.69, 9.17) is 4.74 Å². The van der Waals surface area contributed by atoms with Gasteiger partial charge in [0.2, 0.25) is 0 Å². The molecule has 2 unspecified atom stereocenters. The van der Waals surface area contributed by atoms with E-state index in [0.717, 1.165) is 19.5 Å². The van der Waals surface area contributed by atoms with Crippen molar-refractivity contribution >= 4 is 11.4 Å². The van der Waals surface area contributed by atoms with Crippen LogP contribution in [-0.2, 0) is 11.2 Å². The van der Waals surface area contributed by atoms with Crippen molar-refractivity contribution in [2.45, 2.75) is 38.3 Å². The molecule has 2 atom stereocenters. The van der Waals surface area contributed by atoms with Crippen molar-refractivity contribution in [3.8, 4) is 0 Å². The first-order chi connectivity index (χ1) is 8.76. The van der Waals surface area contributed by atoms with Crippen LogP contribution in [0.3, 0.4) is 0 Å². The number of aryl methyl sites for hydroxylation is 1. The Morgan fingerprint density at radius 1 is 1.33 bits per heavy atom. The summed E-state index contributed by atoms with van der Waals surface area (Å²) in [6.07, 6.45) is 3.97. The molecular formula is C15H22N2O. The minimum absolute atomic E-state index is 0.402. The maximum absolute atomic E-state index is 5.44. The summed E-state index contributed by atoms with van der Waals surface area (Å²) in [5.41, 5.74) is 4.14. The van der Waals surface area contributed by atoms with E-state index in [1.807, 2.05) is 7.11 Å². The van der Waals surface area contributed by atoms with Gasteiger partial charge in [-0.05, 0) is 49.9 Å². The Labute approximate surface area is 109 Å². The van der Waals surface area contributed by atoms with Crippen LogP contribution in [0, 0.1) is 0 Å². The van der Waals surface area contributed by atoms with Crippen LogP contribution in [0.1, 0.15) is 25.3 Å². The average Bonchev–Trinajstić information content (AvgIpc) is 2.87. The highest BCUT2D eigenvalue weighted by atomic mass is 16.5. The lowest BCUT2D eigenvalue weighted by Gasteiger charge is -2.26. The molecule has 0 saturated carbocycles. The molecule has 1 saturated heterocycles. The van der Waals surface area contributed by atoms with E-state index >= 15 is 0 Å². The molecule has 3 nitrogen and oxygen atoms in total. The first-order valence-electron chi connectivity index (χ1n) is 6.93. The molecule has 98 valence electrons. The molecule has 0 radical (unpaired) electrons. The van der Waals surface area contributed by atoms with Gasteiger partial charge in [0, 0.05) is 37.6 Å². The largest absolute Gasteiger partial charge is 0.382 e. The minimum atomic E-state index is 0.402. The molecule has 0 spiro atoms. The Morgan fingerprint density at radius 2 is 2.22 bits per heavy atom. The van der Waals surface area contributed by atoms with Crippen LogP contribution in [0.2, 0.25) is 0 Å². The number of fused-ring (bicyclic) bond motifs is 1. The fraction of sp³-hybridized carbons (Fsp3) is 0.600. The van der Waals surface area contributed by atoms with Crippen molar-refractivity contribution in [1.82, 2.24) is 0 Å². The maximum atomic E-state index is 5.44. The van der Waals surface area contributed by atoms with Gasteiger partial charge in [-0.2, -0.15) is 0 Å². The number of methoxy groups -OCH3 is 1. The van der Waals surface area contributed by atoms with E-state index in [0.29, 0.717) is 12.1 Å². The molecule has 1 N–H and O–H groups in total. The zero-order valence-corrected chi connectivity index (χ0v) is 11.3. The lowest BCUT2D eigenvalue weighted by atomic mass is 9.98. The van der Waals surface area contributed by atoms with Gasteiger partial charge in [0.1, 0.15) is 0 Å². The molecule has 2 aliphatic rings. The smallest absolute Gasteiger partial charge is 0.0762 e. The first-order valence-corrected chi connectivity index (χ1v) is 6.93. The van der Waals surface area contributed by atoms with Gasteiger partial charge >= 0.3 is 0 Å². The highest BCUT2D eigenvalue weighted by molar-refractivity contribution is 5.62. The number of rotatable bonds is 2. The number of nitrogens with zero attached hydrogens (tertiary/aromatic N) is 1. The molecule has 2 heterocycles. The topological polar surface area (TPSA) is 24.5 Å². The van der Waals surface area contributed by atoms with E-state index in [1.54, 1.807) is 0 Å². The second-order valence-electron chi connectivity index (χ2n) is 5.52. The van der Waals surface area contributed by atoms with Crippen LogP contribution >= 0.6 is 0 Å². The third kappa shape index (κ3) is 2.19. The molecule has 18 heavy (non-hydrogen) atoms. The molecule has 3 rings (SSSR count). The summed E-state index contributed by atoms with van der Waals surface area (Å²) in [4.78, 5) is 2.44. The third-order valence-corrected chi connectivity index (χ3v) is 4.18. The summed E-state index contributed by atoms with van der Waals surface area (Å²) in [7, 11) is 1.81. The Hall–Kier alpha value is -1.22.